The van der Waals surface area contributed by atoms with Crippen molar-refractivity contribution in [1.82, 2.24) is 14.8 Å². The zero-order valence-electron chi connectivity index (χ0n) is 14.8. The second-order valence-corrected chi connectivity index (χ2v) is 7.06. The summed E-state index contributed by atoms with van der Waals surface area (Å²) in [6.45, 7) is 0. The first-order chi connectivity index (χ1) is 13.7. The van der Waals surface area contributed by atoms with Gasteiger partial charge < -0.3 is 4.74 Å². The van der Waals surface area contributed by atoms with Gasteiger partial charge in [-0.1, -0.05) is 48.0 Å². The number of nitrogens with one attached hydrogen (secondary N) is 1. The van der Waals surface area contributed by atoms with E-state index in [0.29, 0.717) is 21.6 Å². The van der Waals surface area contributed by atoms with Crippen molar-refractivity contribution in [2.24, 2.45) is 0 Å². The van der Waals surface area contributed by atoms with Gasteiger partial charge in [0.15, 0.2) is 16.6 Å². The minimum atomic E-state index is -0.397. The number of carbonyl (C=O) groups excluding carboxylic acids is 1. The molecule has 0 bridgehead atoms. The molecule has 0 saturated heterocycles. The van der Waals surface area contributed by atoms with Gasteiger partial charge in [0, 0.05) is 16.0 Å². The third-order valence-corrected chi connectivity index (χ3v) is 5.10. The average molecular weight is 411 g/mol. The Morgan fingerprint density at radius 2 is 1.89 bits per heavy atom. The molecule has 0 aliphatic heterocycles. The number of benzene rings is 2. The molecular weight excluding hydrogens is 396 g/mol. The quantitative estimate of drug-likeness (QED) is 0.507. The highest BCUT2D eigenvalue weighted by atomic mass is 35.5. The topological polar surface area (TPSA) is 69.0 Å². The summed E-state index contributed by atoms with van der Waals surface area (Å²) in [4.78, 5) is 17.2. The van der Waals surface area contributed by atoms with Crippen molar-refractivity contribution in [1.29, 1.82) is 0 Å². The minimum absolute atomic E-state index is 0.181. The zero-order chi connectivity index (χ0) is 19.5. The van der Waals surface area contributed by atoms with E-state index in [4.69, 9.17) is 16.3 Å². The third kappa shape index (κ3) is 3.62. The smallest absolute Gasteiger partial charge is 0.281 e. The molecule has 2 aromatic heterocycles. The van der Waals surface area contributed by atoms with Crippen molar-refractivity contribution in [2.45, 2.75) is 0 Å². The maximum Gasteiger partial charge on any atom is 0.281 e. The minimum Gasteiger partial charge on any atom is -0.493 e. The molecule has 8 heteroatoms. The van der Waals surface area contributed by atoms with Crippen LogP contribution < -0.4 is 10.1 Å². The number of aromatic nitrogens is 3. The molecule has 0 spiro atoms. The van der Waals surface area contributed by atoms with Crippen LogP contribution in [-0.4, -0.2) is 27.8 Å². The van der Waals surface area contributed by atoms with E-state index in [2.05, 4.69) is 15.4 Å². The molecule has 6 nitrogen and oxygen atoms in total. The third-order valence-electron chi connectivity index (χ3n) is 4.01. The number of amides is 1. The highest BCUT2D eigenvalue weighted by molar-refractivity contribution is 7.14. The van der Waals surface area contributed by atoms with E-state index in [1.54, 1.807) is 16.9 Å². The van der Waals surface area contributed by atoms with E-state index >= 15 is 0 Å². The molecular formula is C20H15ClN4O2S. The fourth-order valence-corrected chi connectivity index (χ4v) is 3.60. The Balaban J connectivity index is 1.58. The van der Waals surface area contributed by atoms with Crippen molar-refractivity contribution >= 4 is 34.0 Å². The number of ether oxygens (including phenoxy) is 1. The Bertz CT molecular complexity index is 1120. The van der Waals surface area contributed by atoms with Crippen LogP contribution in [0.1, 0.15) is 10.5 Å². The molecule has 2 heterocycles. The predicted octanol–water partition coefficient (Wildman–Crippen LogP) is 4.91. The van der Waals surface area contributed by atoms with E-state index in [0.717, 1.165) is 11.3 Å². The maximum absolute atomic E-state index is 12.7. The average Bonchev–Trinajstić information content (AvgIpc) is 3.36. The normalized spacial score (nSPS) is 10.6. The SMILES string of the molecule is COc1cn(-c2ccccc2)nc1C(=O)Nc1nc(-c2ccccc2Cl)cs1. The van der Waals surface area contributed by atoms with Crippen LogP contribution in [-0.2, 0) is 0 Å². The van der Waals surface area contributed by atoms with E-state index < -0.39 is 5.91 Å². The number of rotatable bonds is 5. The first-order valence-electron chi connectivity index (χ1n) is 8.36. The van der Waals surface area contributed by atoms with Crippen LogP contribution in [0.15, 0.2) is 66.2 Å². The van der Waals surface area contributed by atoms with E-state index in [9.17, 15) is 4.79 Å². The second-order valence-electron chi connectivity index (χ2n) is 5.80. The highest BCUT2D eigenvalue weighted by Gasteiger charge is 2.20. The molecule has 1 amide bonds. The summed E-state index contributed by atoms with van der Waals surface area (Å²) in [6.07, 6.45) is 1.67. The van der Waals surface area contributed by atoms with Gasteiger partial charge in [0.2, 0.25) is 0 Å². The van der Waals surface area contributed by atoms with Gasteiger partial charge >= 0.3 is 0 Å². The summed E-state index contributed by atoms with van der Waals surface area (Å²) < 4.78 is 6.92. The number of anilines is 1. The molecule has 0 unspecified atom stereocenters. The molecule has 28 heavy (non-hydrogen) atoms. The number of nitrogens with zero attached hydrogens (tertiary/aromatic N) is 3. The van der Waals surface area contributed by atoms with Crippen molar-refractivity contribution in [3.05, 3.63) is 76.9 Å². The van der Waals surface area contributed by atoms with Gasteiger partial charge in [-0.15, -0.1) is 11.3 Å². The van der Waals surface area contributed by atoms with Crippen LogP contribution in [0, 0.1) is 0 Å². The molecule has 4 rings (SSSR count). The van der Waals surface area contributed by atoms with Crippen LogP contribution in [0.5, 0.6) is 5.75 Å². The van der Waals surface area contributed by atoms with Crippen LogP contribution in [0.25, 0.3) is 16.9 Å². The molecule has 4 aromatic rings. The Morgan fingerprint density at radius 1 is 1.14 bits per heavy atom. The monoisotopic (exact) mass is 410 g/mol. The summed E-state index contributed by atoms with van der Waals surface area (Å²) in [6, 6.07) is 16.9. The predicted molar refractivity (Wildman–Crippen MR) is 111 cm³/mol. The summed E-state index contributed by atoms with van der Waals surface area (Å²) in [5.41, 5.74) is 2.52. The Hall–Kier alpha value is -3.16. The lowest BCUT2D eigenvalue weighted by Gasteiger charge is -2.01. The number of hydrogen-bond acceptors (Lipinski definition) is 5. The second kappa shape index (κ2) is 7.84. The van der Waals surface area contributed by atoms with Gasteiger partial charge in [-0.25, -0.2) is 9.67 Å². The molecule has 0 saturated carbocycles. The molecule has 0 fully saturated rings. The number of halogens is 1. The first kappa shape index (κ1) is 18.2. The van der Waals surface area contributed by atoms with Gasteiger partial charge in [-0.2, -0.15) is 5.10 Å². The Labute approximate surface area is 170 Å². The van der Waals surface area contributed by atoms with Gasteiger partial charge in [0.1, 0.15) is 0 Å². The lowest BCUT2D eigenvalue weighted by molar-refractivity contribution is 0.101. The van der Waals surface area contributed by atoms with E-state index in [-0.39, 0.29) is 5.69 Å². The molecule has 0 aliphatic rings. The zero-order valence-corrected chi connectivity index (χ0v) is 16.4. The fraction of sp³-hybridized carbons (Fsp3) is 0.0500. The maximum atomic E-state index is 12.7. The van der Waals surface area contributed by atoms with Crippen molar-refractivity contribution in [3.8, 4) is 22.7 Å². The largest absolute Gasteiger partial charge is 0.493 e. The van der Waals surface area contributed by atoms with Crippen molar-refractivity contribution < 1.29 is 9.53 Å². The standard InChI is InChI=1S/C20H15ClN4O2S/c1-27-17-11-25(13-7-3-2-4-8-13)24-18(17)19(26)23-20-22-16(12-28-20)14-9-5-6-10-15(14)21/h2-12H,1H3,(H,22,23,26). The van der Waals surface area contributed by atoms with Crippen molar-refractivity contribution in [2.75, 3.05) is 12.4 Å². The molecule has 0 aliphatic carbocycles. The van der Waals surface area contributed by atoms with Gasteiger partial charge in [-0.05, 0) is 18.2 Å². The summed E-state index contributed by atoms with van der Waals surface area (Å²) in [5, 5.41) is 10.0. The number of methoxy groups -OCH3 is 1. The molecule has 1 N–H and O–H groups in total. The first-order valence-corrected chi connectivity index (χ1v) is 9.62. The highest BCUT2D eigenvalue weighted by Crippen LogP contribution is 2.30. The number of para-hydroxylation sites is 1. The molecule has 140 valence electrons. The van der Waals surface area contributed by atoms with E-state index in [1.165, 1.54) is 18.4 Å². The van der Waals surface area contributed by atoms with Gasteiger partial charge in [-0.3, -0.25) is 10.1 Å². The summed E-state index contributed by atoms with van der Waals surface area (Å²) in [7, 11) is 1.50. The van der Waals surface area contributed by atoms with E-state index in [1.807, 2.05) is 53.9 Å². The van der Waals surface area contributed by atoms with Crippen LogP contribution in [0.4, 0.5) is 5.13 Å². The molecule has 2 aromatic carbocycles. The lowest BCUT2D eigenvalue weighted by Crippen LogP contribution is -2.14. The Morgan fingerprint density at radius 3 is 2.64 bits per heavy atom. The fourth-order valence-electron chi connectivity index (χ4n) is 2.66. The van der Waals surface area contributed by atoms with Gasteiger partial charge in [0.05, 0.1) is 24.7 Å². The summed E-state index contributed by atoms with van der Waals surface area (Å²) >= 11 is 7.53. The number of thiazole rings is 1. The molecule has 0 radical (unpaired) electrons. The molecule has 0 atom stereocenters. The van der Waals surface area contributed by atoms with Crippen LogP contribution in [0.3, 0.4) is 0 Å². The van der Waals surface area contributed by atoms with Gasteiger partial charge in [0.25, 0.3) is 5.91 Å². The van der Waals surface area contributed by atoms with Crippen LogP contribution >= 0.6 is 22.9 Å². The Kier molecular flexibility index (Phi) is 5.10. The number of hydrogen-bond donors (Lipinski definition) is 1. The summed E-state index contributed by atoms with van der Waals surface area (Å²) in [5.74, 6) is -0.0178. The number of carbonyl (C=O) groups is 1. The lowest BCUT2D eigenvalue weighted by atomic mass is 10.2. The van der Waals surface area contributed by atoms with Crippen LogP contribution in [0.2, 0.25) is 5.02 Å². The van der Waals surface area contributed by atoms with Crippen molar-refractivity contribution in [3.63, 3.8) is 0 Å².